The minimum atomic E-state index is -3.88. The summed E-state index contributed by atoms with van der Waals surface area (Å²) in [6.45, 7) is -0.0587. The molecule has 1 heterocycles. The Kier molecular flexibility index (Phi) is 8.70. The van der Waals surface area contributed by atoms with Crippen molar-refractivity contribution in [2.45, 2.75) is 11.4 Å². The van der Waals surface area contributed by atoms with E-state index in [1.165, 1.54) is 63.7 Å². The van der Waals surface area contributed by atoms with Crippen LogP contribution < -0.4 is 19.1 Å². The molecule has 2 N–H and O–H groups in total. The van der Waals surface area contributed by atoms with Crippen LogP contribution in [0.15, 0.2) is 94.2 Å². The van der Waals surface area contributed by atoms with E-state index in [-0.39, 0.29) is 34.0 Å². The monoisotopic (exact) mass is 651 g/mol. The van der Waals surface area contributed by atoms with Gasteiger partial charge < -0.3 is 14.5 Å². The number of carbonyl (C=O) groups is 1. The quantitative estimate of drug-likeness (QED) is 0.213. The smallest absolute Gasteiger partial charge is 0.255 e. The second-order valence-corrected chi connectivity index (χ2v) is 14.0. The lowest BCUT2D eigenvalue weighted by Crippen LogP contribution is -2.25. The molecule has 1 amide bonds. The van der Waals surface area contributed by atoms with Gasteiger partial charge in [-0.3, -0.25) is 9.10 Å². The lowest BCUT2D eigenvalue weighted by Gasteiger charge is -2.21. The second kappa shape index (κ2) is 12.3. The number of ether oxygens (including phenoxy) is 1. The molecular weight excluding hydrogens is 621 g/mol. The average Bonchev–Trinajstić information content (AvgIpc) is 3.41. The van der Waals surface area contributed by atoms with Crippen LogP contribution in [-0.4, -0.2) is 50.2 Å². The van der Waals surface area contributed by atoms with Gasteiger partial charge in [0.15, 0.2) is 0 Å². The zero-order valence-corrected chi connectivity index (χ0v) is 26.4. The fourth-order valence-corrected chi connectivity index (χ4v) is 6.40. The van der Waals surface area contributed by atoms with Crippen LogP contribution in [0.25, 0.3) is 33.4 Å². The van der Waals surface area contributed by atoms with Gasteiger partial charge in [-0.15, -0.1) is 0 Å². The first-order chi connectivity index (χ1) is 21.3. The molecule has 5 aromatic rings. The first-order valence-electron chi connectivity index (χ1n) is 13.6. The number of nitrogens with zero attached hydrogens (tertiary/aromatic N) is 1. The molecule has 234 valence electrons. The first-order valence-corrected chi connectivity index (χ1v) is 16.9. The maximum absolute atomic E-state index is 13.7. The van der Waals surface area contributed by atoms with Gasteiger partial charge in [-0.05, 0) is 59.7 Å². The highest BCUT2D eigenvalue weighted by Crippen LogP contribution is 2.41. The summed E-state index contributed by atoms with van der Waals surface area (Å²) in [5.41, 5.74) is 2.76. The number of methoxy groups -OCH3 is 1. The zero-order valence-electron chi connectivity index (χ0n) is 24.8. The summed E-state index contributed by atoms with van der Waals surface area (Å²) in [6, 6.07) is 21.7. The highest BCUT2D eigenvalue weighted by Gasteiger charge is 2.26. The Hall–Kier alpha value is -4.72. The number of carbonyl (C=O) groups excluding carboxylic acids is 1. The van der Waals surface area contributed by atoms with E-state index < -0.39 is 31.8 Å². The van der Waals surface area contributed by atoms with Crippen molar-refractivity contribution >= 4 is 42.6 Å². The van der Waals surface area contributed by atoms with Crippen molar-refractivity contribution in [3.05, 3.63) is 102 Å². The maximum atomic E-state index is 13.7. The number of amides is 1. The summed E-state index contributed by atoms with van der Waals surface area (Å²) < 4.78 is 80.0. The van der Waals surface area contributed by atoms with Gasteiger partial charge in [0.05, 0.1) is 29.5 Å². The van der Waals surface area contributed by atoms with Gasteiger partial charge in [-0.2, -0.15) is 0 Å². The highest BCUT2D eigenvalue weighted by atomic mass is 32.2. The van der Waals surface area contributed by atoms with Crippen molar-refractivity contribution in [2.24, 2.45) is 0 Å². The van der Waals surface area contributed by atoms with Crippen molar-refractivity contribution in [2.75, 3.05) is 31.8 Å². The molecule has 0 spiro atoms. The highest BCUT2D eigenvalue weighted by molar-refractivity contribution is 7.92. The van der Waals surface area contributed by atoms with E-state index in [4.69, 9.17) is 9.15 Å². The summed E-state index contributed by atoms with van der Waals surface area (Å²) in [7, 11) is -3.31. The summed E-state index contributed by atoms with van der Waals surface area (Å²) in [4.78, 5) is 13.2. The van der Waals surface area contributed by atoms with Gasteiger partial charge in [0.1, 0.15) is 22.9 Å². The number of benzene rings is 4. The number of hydrogen-bond donors (Lipinski definition) is 2. The molecule has 4 aromatic carbocycles. The molecule has 0 unspecified atom stereocenters. The standard InChI is InChI=1S/C32H30FN3O7S2/c1-34-32(37)30-27-17-26(22-8-5-7-20(15-22)19-35-45(40,41)25-10-6-9-24(16-25)42-3)28(36(2)44(4,38)39)18-29(27)43-31(30)21-11-13-23(33)14-12-21/h5-18,35H,19H2,1-4H3,(H,34,37). The molecule has 45 heavy (non-hydrogen) atoms. The summed E-state index contributed by atoms with van der Waals surface area (Å²) in [6.07, 6.45) is 1.06. The Morgan fingerprint density at radius 3 is 2.31 bits per heavy atom. The third-order valence-corrected chi connectivity index (χ3v) is 9.85. The van der Waals surface area contributed by atoms with Gasteiger partial charge in [0.25, 0.3) is 5.91 Å². The lowest BCUT2D eigenvalue weighted by atomic mass is 9.97. The third-order valence-electron chi connectivity index (χ3n) is 7.26. The van der Waals surface area contributed by atoms with Crippen molar-refractivity contribution in [3.63, 3.8) is 0 Å². The number of halogens is 1. The number of fused-ring (bicyclic) bond motifs is 1. The molecule has 0 radical (unpaired) electrons. The number of furan rings is 1. The molecule has 0 aliphatic carbocycles. The molecule has 13 heteroatoms. The minimum absolute atomic E-state index is 0.0409. The van der Waals surface area contributed by atoms with Gasteiger partial charge in [-0.25, -0.2) is 25.9 Å². The van der Waals surface area contributed by atoms with Crippen LogP contribution in [0, 0.1) is 5.82 Å². The number of sulfonamides is 2. The number of anilines is 1. The predicted molar refractivity (Wildman–Crippen MR) is 171 cm³/mol. The van der Waals surface area contributed by atoms with Crippen LogP contribution in [0.5, 0.6) is 5.75 Å². The van der Waals surface area contributed by atoms with Crippen molar-refractivity contribution in [3.8, 4) is 28.2 Å². The summed E-state index contributed by atoms with van der Waals surface area (Å²) in [5, 5.41) is 3.01. The molecule has 0 fully saturated rings. The van der Waals surface area contributed by atoms with E-state index in [1.807, 2.05) is 0 Å². The van der Waals surface area contributed by atoms with Crippen LogP contribution >= 0.6 is 0 Å². The van der Waals surface area contributed by atoms with E-state index in [1.54, 1.807) is 42.5 Å². The Labute approximate surface area is 260 Å². The third kappa shape index (κ3) is 6.55. The van der Waals surface area contributed by atoms with Crippen LogP contribution in [0.4, 0.5) is 10.1 Å². The zero-order chi connectivity index (χ0) is 32.5. The van der Waals surface area contributed by atoms with E-state index >= 15 is 0 Å². The fraction of sp³-hybridized carbons (Fsp3) is 0.156. The van der Waals surface area contributed by atoms with Gasteiger partial charge in [-0.1, -0.05) is 24.3 Å². The van der Waals surface area contributed by atoms with Crippen LogP contribution in [0.2, 0.25) is 0 Å². The largest absolute Gasteiger partial charge is 0.497 e. The molecule has 0 saturated heterocycles. The van der Waals surface area contributed by atoms with E-state index in [9.17, 15) is 26.0 Å². The fourth-order valence-electron chi connectivity index (χ4n) is 4.84. The van der Waals surface area contributed by atoms with Gasteiger partial charge in [0.2, 0.25) is 20.0 Å². The number of rotatable bonds is 10. The Morgan fingerprint density at radius 1 is 0.933 bits per heavy atom. The number of hydrogen-bond acceptors (Lipinski definition) is 7. The molecule has 0 aliphatic heterocycles. The van der Waals surface area contributed by atoms with E-state index in [0.717, 1.165) is 10.6 Å². The Morgan fingerprint density at radius 2 is 1.64 bits per heavy atom. The molecule has 10 nitrogen and oxygen atoms in total. The topological polar surface area (TPSA) is 135 Å². The Bertz CT molecular complexity index is 2130. The molecule has 0 atom stereocenters. The van der Waals surface area contributed by atoms with E-state index in [0.29, 0.717) is 33.4 Å². The predicted octanol–water partition coefficient (Wildman–Crippen LogP) is 5.15. The Balaban J connectivity index is 1.63. The minimum Gasteiger partial charge on any atom is -0.497 e. The lowest BCUT2D eigenvalue weighted by molar-refractivity contribution is 0.0964. The molecule has 0 aliphatic rings. The first kappa shape index (κ1) is 31.7. The molecule has 0 bridgehead atoms. The maximum Gasteiger partial charge on any atom is 0.255 e. The van der Waals surface area contributed by atoms with Crippen LogP contribution in [0.3, 0.4) is 0 Å². The van der Waals surface area contributed by atoms with Crippen LogP contribution in [0.1, 0.15) is 15.9 Å². The second-order valence-electron chi connectivity index (χ2n) is 10.2. The molecule has 5 rings (SSSR count). The van der Waals surface area contributed by atoms with Crippen molar-refractivity contribution < 1.29 is 35.2 Å². The van der Waals surface area contributed by atoms with Crippen LogP contribution in [-0.2, 0) is 26.6 Å². The molecule has 0 saturated carbocycles. The van der Waals surface area contributed by atoms with Gasteiger partial charge >= 0.3 is 0 Å². The van der Waals surface area contributed by atoms with Gasteiger partial charge in [0, 0.05) is 49.3 Å². The van der Waals surface area contributed by atoms with E-state index in [2.05, 4.69) is 10.0 Å². The summed E-state index contributed by atoms with van der Waals surface area (Å²) >= 11 is 0. The summed E-state index contributed by atoms with van der Waals surface area (Å²) in [5.74, 6) is -0.323. The normalized spacial score (nSPS) is 11.8. The van der Waals surface area contributed by atoms with Crippen molar-refractivity contribution in [1.29, 1.82) is 0 Å². The number of nitrogens with one attached hydrogen (secondary N) is 2. The molecular formula is C32H30FN3O7S2. The SMILES string of the molecule is CNC(=O)c1c(-c2ccc(F)cc2)oc2cc(N(C)S(C)(=O)=O)c(-c3cccc(CNS(=O)(=O)c4cccc(OC)c4)c3)cc12. The molecule has 1 aromatic heterocycles. The average molecular weight is 652 g/mol. The van der Waals surface area contributed by atoms with Crippen molar-refractivity contribution in [1.82, 2.24) is 10.0 Å².